The molecule has 0 radical (unpaired) electrons. The number of ether oxygens (including phenoxy) is 1. The number of nitrogens with zero attached hydrogens (tertiary/aromatic N) is 1. The van der Waals surface area contributed by atoms with Crippen LogP contribution in [0.3, 0.4) is 0 Å². The van der Waals surface area contributed by atoms with Gasteiger partial charge < -0.3 is 15.2 Å². The Morgan fingerprint density at radius 1 is 1.53 bits per heavy atom. The lowest BCUT2D eigenvalue weighted by molar-refractivity contribution is 0.0178. The maximum Gasteiger partial charge on any atom is 0.405 e. The van der Waals surface area contributed by atoms with Crippen molar-refractivity contribution in [2.45, 2.75) is 26.3 Å². The molecule has 0 unspecified atom stereocenters. The predicted molar refractivity (Wildman–Crippen MR) is 62.5 cm³/mol. The van der Waals surface area contributed by atoms with Gasteiger partial charge in [-0.05, 0) is 6.92 Å². The van der Waals surface area contributed by atoms with E-state index in [1.54, 1.807) is 6.92 Å². The van der Waals surface area contributed by atoms with Crippen molar-refractivity contribution in [3.05, 3.63) is 15.6 Å². The zero-order valence-electron chi connectivity index (χ0n) is 10.2. The van der Waals surface area contributed by atoms with Crippen LogP contribution in [0.25, 0.3) is 0 Å². The number of rotatable bonds is 5. The second kappa shape index (κ2) is 5.91. The van der Waals surface area contributed by atoms with Gasteiger partial charge in [-0.2, -0.15) is 0 Å². The van der Waals surface area contributed by atoms with Crippen molar-refractivity contribution in [2.75, 3.05) is 6.61 Å². The third-order valence-electron chi connectivity index (χ3n) is 1.93. The summed E-state index contributed by atoms with van der Waals surface area (Å²) in [6, 6.07) is 0. The summed E-state index contributed by atoms with van der Waals surface area (Å²) in [5.41, 5.74) is -0.471. The van der Waals surface area contributed by atoms with Gasteiger partial charge in [0.1, 0.15) is 9.88 Å². The van der Waals surface area contributed by atoms with Gasteiger partial charge in [0.2, 0.25) is 0 Å². The average Bonchev–Trinajstić information content (AvgIpc) is 2.70. The Balaban J connectivity index is 3.06. The minimum Gasteiger partial charge on any atom is -0.465 e. The monoisotopic (exact) mass is 294 g/mol. The maximum absolute atomic E-state index is 13.4. The summed E-state index contributed by atoms with van der Waals surface area (Å²) in [6.07, 6.45) is -1.31. The molecule has 0 fully saturated rings. The molecule has 0 saturated carbocycles. The highest BCUT2D eigenvalue weighted by atomic mass is 32.1. The SMILES string of the molecule is CCOC(=O)c1nc(CNC(=O)O)sc1C(C)(F)F. The van der Waals surface area contributed by atoms with Gasteiger partial charge in [0, 0.05) is 6.92 Å². The first-order valence-corrected chi connectivity index (χ1v) is 6.09. The highest BCUT2D eigenvalue weighted by molar-refractivity contribution is 7.12. The number of carbonyl (C=O) groups is 2. The Kier molecular flexibility index (Phi) is 4.76. The van der Waals surface area contributed by atoms with Crippen molar-refractivity contribution >= 4 is 23.4 Å². The summed E-state index contributed by atoms with van der Waals surface area (Å²) >= 11 is 0.575. The van der Waals surface area contributed by atoms with Crippen LogP contribution >= 0.6 is 11.3 Å². The van der Waals surface area contributed by atoms with Gasteiger partial charge in [-0.3, -0.25) is 0 Å². The molecule has 0 saturated heterocycles. The van der Waals surface area contributed by atoms with Crippen molar-refractivity contribution in [3.63, 3.8) is 0 Å². The zero-order chi connectivity index (χ0) is 14.6. The van der Waals surface area contributed by atoms with E-state index in [1.807, 2.05) is 5.32 Å². The van der Waals surface area contributed by atoms with Crippen molar-refractivity contribution < 1.29 is 28.2 Å². The first-order valence-electron chi connectivity index (χ1n) is 5.27. The highest BCUT2D eigenvalue weighted by Gasteiger charge is 2.35. The van der Waals surface area contributed by atoms with Crippen molar-refractivity contribution in [3.8, 4) is 0 Å². The molecule has 9 heteroatoms. The van der Waals surface area contributed by atoms with Crippen LogP contribution in [-0.2, 0) is 17.2 Å². The predicted octanol–water partition coefficient (Wildman–Crippen LogP) is 2.20. The number of hydrogen-bond acceptors (Lipinski definition) is 5. The Morgan fingerprint density at radius 3 is 2.63 bits per heavy atom. The number of esters is 1. The molecular formula is C10H12F2N2O4S. The fraction of sp³-hybridized carbons (Fsp3) is 0.500. The molecule has 2 N–H and O–H groups in total. The van der Waals surface area contributed by atoms with Crippen molar-refractivity contribution in [1.29, 1.82) is 0 Å². The minimum atomic E-state index is -3.25. The van der Waals surface area contributed by atoms with Crippen LogP contribution in [-0.4, -0.2) is 28.8 Å². The molecule has 0 spiro atoms. The molecule has 0 aromatic carbocycles. The van der Waals surface area contributed by atoms with Gasteiger partial charge in [0.25, 0.3) is 5.92 Å². The lowest BCUT2D eigenvalue weighted by Gasteiger charge is -2.08. The lowest BCUT2D eigenvalue weighted by Crippen LogP contribution is -2.19. The second-order valence-corrected chi connectivity index (χ2v) is 4.64. The quantitative estimate of drug-likeness (QED) is 0.813. The summed E-state index contributed by atoms with van der Waals surface area (Å²) in [5.74, 6) is -4.20. The number of aromatic nitrogens is 1. The number of carboxylic acid groups (broad SMARTS) is 1. The maximum atomic E-state index is 13.4. The molecule has 0 bridgehead atoms. The standard InChI is InChI=1S/C10H12F2N2O4S/c1-3-18-8(15)6-7(10(2,11)12)19-5(14-6)4-13-9(16)17/h13H,3-4H2,1-2H3,(H,16,17). The van der Waals surface area contributed by atoms with Gasteiger partial charge in [-0.15, -0.1) is 11.3 Å². The molecule has 0 aliphatic rings. The van der Waals surface area contributed by atoms with E-state index in [9.17, 15) is 18.4 Å². The zero-order valence-corrected chi connectivity index (χ0v) is 11.0. The number of halogens is 2. The van der Waals surface area contributed by atoms with E-state index in [0.717, 1.165) is 0 Å². The Bertz CT molecular complexity index is 484. The van der Waals surface area contributed by atoms with E-state index in [4.69, 9.17) is 5.11 Å². The van der Waals surface area contributed by atoms with Crippen LogP contribution in [0, 0.1) is 0 Å². The second-order valence-electron chi connectivity index (χ2n) is 3.55. The number of hydrogen-bond donors (Lipinski definition) is 2. The summed E-state index contributed by atoms with van der Waals surface area (Å²) in [5, 5.41) is 10.5. The molecule has 6 nitrogen and oxygen atoms in total. The number of alkyl halides is 2. The van der Waals surface area contributed by atoms with Gasteiger partial charge >= 0.3 is 12.1 Å². The van der Waals surface area contributed by atoms with Crippen molar-refractivity contribution in [2.24, 2.45) is 0 Å². The van der Waals surface area contributed by atoms with E-state index in [-0.39, 0.29) is 18.2 Å². The van der Waals surface area contributed by atoms with E-state index >= 15 is 0 Å². The third kappa shape index (κ3) is 4.12. The molecule has 1 amide bonds. The molecule has 1 rings (SSSR count). The summed E-state index contributed by atoms with van der Waals surface area (Å²) < 4.78 is 31.3. The van der Waals surface area contributed by atoms with Crippen LogP contribution < -0.4 is 5.32 Å². The van der Waals surface area contributed by atoms with E-state index < -0.39 is 28.6 Å². The largest absolute Gasteiger partial charge is 0.465 e. The normalized spacial score (nSPS) is 11.2. The Hall–Kier alpha value is -1.77. The van der Waals surface area contributed by atoms with E-state index in [2.05, 4.69) is 9.72 Å². The minimum absolute atomic E-state index is 0.0355. The van der Waals surface area contributed by atoms with Gasteiger partial charge in [0.15, 0.2) is 5.69 Å². The van der Waals surface area contributed by atoms with Crippen LogP contribution in [0.15, 0.2) is 0 Å². The molecule has 0 atom stereocenters. The molecule has 0 aliphatic carbocycles. The topological polar surface area (TPSA) is 88.5 Å². The van der Waals surface area contributed by atoms with E-state index in [0.29, 0.717) is 18.3 Å². The summed E-state index contributed by atoms with van der Waals surface area (Å²) in [6.45, 7) is 1.97. The van der Waals surface area contributed by atoms with Crippen LogP contribution in [0.5, 0.6) is 0 Å². The van der Waals surface area contributed by atoms with E-state index in [1.165, 1.54) is 0 Å². The number of nitrogens with one attached hydrogen (secondary N) is 1. The average molecular weight is 294 g/mol. The number of thiazole rings is 1. The van der Waals surface area contributed by atoms with Crippen LogP contribution in [0.4, 0.5) is 13.6 Å². The molecule has 0 aliphatic heterocycles. The Morgan fingerprint density at radius 2 is 2.16 bits per heavy atom. The van der Waals surface area contributed by atoms with Crippen molar-refractivity contribution in [1.82, 2.24) is 10.3 Å². The number of amides is 1. The molecular weight excluding hydrogens is 282 g/mol. The highest BCUT2D eigenvalue weighted by Crippen LogP contribution is 2.35. The first-order chi connectivity index (χ1) is 8.75. The Labute approximate surface area is 111 Å². The molecule has 19 heavy (non-hydrogen) atoms. The number of carbonyl (C=O) groups excluding carboxylic acids is 1. The summed E-state index contributed by atoms with van der Waals surface area (Å²) in [4.78, 5) is 25.0. The molecule has 1 aromatic rings. The van der Waals surface area contributed by atoms with Gasteiger partial charge in [0.05, 0.1) is 13.2 Å². The van der Waals surface area contributed by atoms with Gasteiger partial charge in [-0.1, -0.05) is 0 Å². The smallest absolute Gasteiger partial charge is 0.405 e. The van der Waals surface area contributed by atoms with Crippen LogP contribution in [0.2, 0.25) is 0 Å². The van der Waals surface area contributed by atoms with Crippen LogP contribution in [0.1, 0.15) is 34.2 Å². The van der Waals surface area contributed by atoms with Gasteiger partial charge in [-0.25, -0.2) is 23.4 Å². The fourth-order valence-corrected chi connectivity index (χ4v) is 2.15. The molecule has 106 valence electrons. The lowest BCUT2D eigenvalue weighted by atomic mass is 10.2. The third-order valence-corrected chi connectivity index (χ3v) is 3.16. The molecule has 1 heterocycles. The first kappa shape index (κ1) is 15.3. The fourth-order valence-electron chi connectivity index (χ4n) is 1.23. The summed E-state index contributed by atoms with van der Waals surface area (Å²) in [7, 11) is 0. The molecule has 1 aromatic heterocycles.